The van der Waals surface area contributed by atoms with Crippen molar-refractivity contribution in [3.8, 4) is 0 Å². The summed E-state index contributed by atoms with van der Waals surface area (Å²) in [5, 5.41) is 38.8. The Morgan fingerprint density at radius 1 is 0.613 bits per heavy atom. The molecule has 0 bridgehead atoms. The minimum atomic E-state index is -1.53. The van der Waals surface area contributed by atoms with Crippen molar-refractivity contribution >= 4 is 45.0 Å². The van der Waals surface area contributed by atoms with Crippen molar-refractivity contribution in [3.05, 3.63) is 23.3 Å². The van der Waals surface area contributed by atoms with E-state index in [0.717, 1.165) is 13.8 Å². The van der Waals surface area contributed by atoms with Crippen molar-refractivity contribution in [3.63, 3.8) is 0 Å². The molecule has 9 heteroatoms. The van der Waals surface area contributed by atoms with E-state index in [-0.39, 0.29) is 32.3 Å². The summed E-state index contributed by atoms with van der Waals surface area (Å²) < 4.78 is 3.30. The van der Waals surface area contributed by atoms with Crippen molar-refractivity contribution < 1.29 is 39.6 Å². The van der Waals surface area contributed by atoms with Gasteiger partial charge < -0.3 is 39.6 Å². The number of carbonyl (C=O) groups excluding carboxylic acids is 4. The van der Waals surface area contributed by atoms with Gasteiger partial charge in [-0.15, -0.1) is 0 Å². The van der Waals surface area contributed by atoms with Crippen molar-refractivity contribution in [1.82, 2.24) is 0 Å². The molecule has 0 fully saturated rings. The molecule has 0 saturated carbocycles. The van der Waals surface area contributed by atoms with Gasteiger partial charge in [-0.3, -0.25) is 0 Å². The fourth-order valence-electron chi connectivity index (χ4n) is 1.95. The Bertz CT molecular complexity index is 532. The zero-order chi connectivity index (χ0) is 24.7. The summed E-state index contributed by atoms with van der Waals surface area (Å²) in [6.45, 7) is 6.83. The van der Waals surface area contributed by atoms with Crippen molar-refractivity contribution in [2.45, 2.75) is 87.9 Å². The summed E-state index contributed by atoms with van der Waals surface area (Å²) in [4.78, 5) is 38.8. The first kappa shape index (κ1) is 33.8. The van der Waals surface area contributed by atoms with Gasteiger partial charge in [-0.25, -0.2) is 0 Å². The number of carboxylic acid groups (broad SMARTS) is 4. The molecule has 0 unspecified atom stereocenters. The molecule has 0 aliphatic rings. The van der Waals surface area contributed by atoms with E-state index in [1.165, 1.54) is 38.5 Å². The molecule has 0 N–H and O–H groups in total. The predicted molar refractivity (Wildman–Crippen MR) is 111 cm³/mol. The number of rotatable bonds is 14. The van der Waals surface area contributed by atoms with Crippen LogP contribution in [-0.4, -0.2) is 45.0 Å². The van der Waals surface area contributed by atoms with E-state index in [1.807, 2.05) is 0 Å². The van der Waals surface area contributed by atoms with E-state index in [1.54, 1.807) is 21.7 Å². The molecule has 0 rings (SSSR count). The second kappa shape index (κ2) is 24.4. The summed E-state index contributed by atoms with van der Waals surface area (Å²) in [6.07, 6.45) is 12.8. The Labute approximate surface area is 195 Å². The van der Waals surface area contributed by atoms with Gasteiger partial charge in [0.25, 0.3) is 0 Å². The van der Waals surface area contributed by atoms with E-state index in [4.69, 9.17) is 0 Å². The fraction of sp³-hybridized carbons (Fsp3) is 0.636. The van der Waals surface area contributed by atoms with Crippen LogP contribution in [-0.2, 0) is 19.2 Å². The molecular formula is C22H34O8Sn. The van der Waals surface area contributed by atoms with Crippen LogP contribution in [0, 0.1) is 0 Å². The Balaban J connectivity index is -0.000000390. The molecule has 174 valence electrons. The van der Waals surface area contributed by atoms with E-state index in [9.17, 15) is 39.6 Å². The van der Waals surface area contributed by atoms with E-state index in [0.29, 0.717) is 12.2 Å². The summed E-state index contributed by atoms with van der Waals surface area (Å²) in [5.74, 6) is -6.06. The third-order valence-electron chi connectivity index (χ3n) is 3.73. The SMILES string of the molecule is C/C(=C/C(=O)[O-])C(=O)[O-].C/C(=C/C(=O)[O-])C(=O)[O-].CCCCC[CH2][Sn+4][CH2]CCCCC. The Hall–Kier alpha value is -1.84. The summed E-state index contributed by atoms with van der Waals surface area (Å²) in [5.41, 5.74) is -0.704. The van der Waals surface area contributed by atoms with Gasteiger partial charge in [0, 0.05) is 0 Å². The number of hydrogen-bond acceptors (Lipinski definition) is 8. The van der Waals surface area contributed by atoms with Crippen LogP contribution in [0.1, 0.15) is 79.1 Å². The molecule has 0 aliphatic carbocycles. The number of carbonyl (C=O) groups is 4. The summed E-state index contributed by atoms with van der Waals surface area (Å²) in [6, 6.07) is 0. The van der Waals surface area contributed by atoms with Crippen molar-refractivity contribution in [2.75, 3.05) is 0 Å². The van der Waals surface area contributed by atoms with Crippen LogP contribution in [0.15, 0.2) is 23.3 Å². The van der Waals surface area contributed by atoms with Crippen LogP contribution < -0.4 is 20.4 Å². The Kier molecular flexibility index (Phi) is 26.6. The van der Waals surface area contributed by atoms with E-state index >= 15 is 0 Å². The van der Waals surface area contributed by atoms with Gasteiger partial charge in [0.1, 0.15) is 0 Å². The van der Waals surface area contributed by atoms with Gasteiger partial charge in [-0.05, 0) is 37.1 Å². The molecule has 31 heavy (non-hydrogen) atoms. The summed E-state index contributed by atoms with van der Waals surface area (Å²) >= 11 is 0.104. The minimum absolute atomic E-state index is 0.104. The molecule has 0 aromatic carbocycles. The number of hydrogen-bond donors (Lipinski definition) is 0. The Morgan fingerprint density at radius 2 is 0.935 bits per heavy atom. The van der Waals surface area contributed by atoms with E-state index < -0.39 is 23.9 Å². The van der Waals surface area contributed by atoms with Crippen molar-refractivity contribution in [1.29, 1.82) is 0 Å². The fourth-order valence-corrected chi connectivity index (χ4v) is 5.52. The monoisotopic (exact) mass is 546 g/mol. The van der Waals surface area contributed by atoms with Crippen LogP contribution in [0.25, 0.3) is 0 Å². The van der Waals surface area contributed by atoms with Gasteiger partial charge in [0.2, 0.25) is 0 Å². The molecule has 0 aliphatic heterocycles. The maximum absolute atomic E-state index is 9.76. The van der Waals surface area contributed by atoms with Crippen LogP contribution in [0.4, 0.5) is 0 Å². The predicted octanol–water partition coefficient (Wildman–Crippen LogP) is -0.447. The molecule has 0 amide bonds. The first-order chi connectivity index (χ1) is 14.5. The molecule has 0 atom stereocenters. The second-order valence-corrected chi connectivity index (χ2v) is 11.0. The van der Waals surface area contributed by atoms with Crippen molar-refractivity contribution in [2.24, 2.45) is 0 Å². The second-order valence-electron chi connectivity index (χ2n) is 6.74. The van der Waals surface area contributed by atoms with Crippen LogP contribution in [0.2, 0.25) is 8.87 Å². The first-order valence-electron chi connectivity index (χ1n) is 10.4. The zero-order valence-electron chi connectivity index (χ0n) is 19.0. The quantitative estimate of drug-likeness (QED) is 0.161. The third kappa shape index (κ3) is 33.0. The Morgan fingerprint density at radius 3 is 1.13 bits per heavy atom. The van der Waals surface area contributed by atoms with Crippen LogP contribution in [0.3, 0.4) is 0 Å². The van der Waals surface area contributed by atoms with Gasteiger partial charge >= 0.3 is 95.2 Å². The van der Waals surface area contributed by atoms with Gasteiger partial charge in [0.05, 0.1) is 23.9 Å². The number of unbranched alkanes of at least 4 members (excludes halogenated alkanes) is 6. The maximum atomic E-state index is 9.76. The molecular weight excluding hydrogens is 511 g/mol. The van der Waals surface area contributed by atoms with Crippen LogP contribution >= 0.6 is 0 Å². The van der Waals surface area contributed by atoms with E-state index in [2.05, 4.69) is 13.8 Å². The van der Waals surface area contributed by atoms with Gasteiger partial charge in [0.15, 0.2) is 0 Å². The summed E-state index contributed by atoms with van der Waals surface area (Å²) in [7, 11) is 0. The molecule has 0 saturated heterocycles. The average Bonchev–Trinajstić information content (AvgIpc) is 2.66. The first-order valence-corrected chi connectivity index (χ1v) is 14.4. The third-order valence-corrected chi connectivity index (χ3v) is 7.76. The molecule has 6 radical (unpaired) electrons. The average molecular weight is 545 g/mol. The number of carboxylic acids is 4. The molecule has 8 nitrogen and oxygen atoms in total. The van der Waals surface area contributed by atoms with Crippen LogP contribution in [0.5, 0.6) is 0 Å². The molecule has 0 aromatic rings. The topological polar surface area (TPSA) is 161 Å². The molecule has 0 aromatic heterocycles. The zero-order valence-corrected chi connectivity index (χ0v) is 21.8. The molecule has 0 heterocycles. The molecule has 0 spiro atoms. The van der Waals surface area contributed by atoms with Gasteiger partial charge in [-0.1, -0.05) is 0 Å². The normalized spacial score (nSPS) is 10.8. The number of aliphatic carboxylic acids is 4. The van der Waals surface area contributed by atoms with Gasteiger partial charge in [-0.2, -0.15) is 0 Å². The standard InChI is InChI=1S/2C6H13.2C5H6O4.Sn/c2*1-3-5-6-4-2;2*1-3(5(8)9)2-4(6)7;/h2*1,3-6H2,2H3;2*2H,1H3,(H,6,7)(H,8,9);/q;;;;+4/p-4/b;;2*3-2-;.